The number of nitrogens with two attached hydrogens (primary N) is 1. The van der Waals surface area contributed by atoms with Crippen molar-refractivity contribution in [3.8, 4) is 11.8 Å². The van der Waals surface area contributed by atoms with E-state index in [1.54, 1.807) is 24.3 Å². The molecule has 1 heterocycles. The molecule has 0 saturated carbocycles. The smallest absolute Gasteiger partial charge is 0.221 e. The monoisotopic (exact) mass is 365 g/mol. The van der Waals surface area contributed by atoms with E-state index < -0.39 is 12.0 Å². The van der Waals surface area contributed by atoms with Crippen molar-refractivity contribution in [3.63, 3.8) is 0 Å². The number of Topliss-reactive ketones (excluding diaryl/α,β-unsaturated/α-hetero) is 1. The number of aromatic amines is 1. The highest BCUT2D eigenvalue weighted by atomic mass is 79.9. The fourth-order valence-corrected chi connectivity index (χ4v) is 2.34. The van der Waals surface area contributed by atoms with E-state index in [1.807, 2.05) is 0 Å². The van der Waals surface area contributed by atoms with Gasteiger partial charge in [-0.25, -0.2) is 4.39 Å². The van der Waals surface area contributed by atoms with E-state index >= 15 is 0 Å². The van der Waals surface area contributed by atoms with Crippen molar-refractivity contribution in [2.24, 2.45) is 5.73 Å². The number of ether oxygens (including phenoxy) is 1. The molecule has 7 heteroatoms. The number of carbonyl (C=O) groups excluding carboxylic acids is 1. The van der Waals surface area contributed by atoms with Crippen molar-refractivity contribution >= 4 is 32.6 Å². The van der Waals surface area contributed by atoms with Crippen LogP contribution in [0.1, 0.15) is 17.4 Å². The number of rotatable bonds is 5. The lowest BCUT2D eigenvalue weighted by molar-refractivity contribution is 0.103. The number of hydrogen-bond donors (Lipinski definition) is 2. The van der Waals surface area contributed by atoms with Gasteiger partial charge < -0.3 is 15.5 Å². The number of halogens is 2. The maximum absolute atomic E-state index is 12.9. The summed E-state index contributed by atoms with van der Waals surface area (Å²) in [5, 5.41) is 9.56. The lowest BCUT2D eigenvalue weighted by Gasteiger charge is -2.08. The number of alkyl halides is 1. The molecule has 2 aromatic rings. The Morgan fingerprint density at radius 3 is 2.91 bits per heavy atom. The van der Waals surface area contributed by atoms with Crippen LogP contribution in [-0.2, 0) is 0 Å². The Hall–Kier alpha value is -2.33. The van der Waals surface area contributed by atoms with Crippen LogP contribution in [0.2, 0.25) is 0 Å². The first kappa shape index (κ1) is 16.0. The summed E-state index contributed by atoms with van der Waals surface area (Å²) in [4.78, 5) is 15.0. The molecule has 1 aromatic carbocycles. The van der Waals surface area contributed by atoms with Crippen LogP contribution >= 0.6 is 15.9 Å². The number of H-pyrrole nitrogens is 1. The number of nitrogens with one attached hydrogen (secondary N) is 1. The van der Waals surface area contributed by atoms with Gasteiger partial charge in [0, 0.05) is 17.1 Å². The molecule has 1 atom stereocenters. The lowest BCUT2D eigenvalue weighted by Crippen LogP contribution is -2.08. The minimum absolute atomic E-state index is 0.0607. The molecule has 0 saturated heterocycles. The number of fused-ring (bicyclic) bond motifs is 1. The van der Waals surface area contributed by atoms with Crippen LogP contribution in [0.4, 0.5) is 4.39 Å². The second-order valence-electron chi connectivity index (χ2n) is 4.67. The summed E-state index contributed by atoms with van der Waals surface area (Å²) in [5.41, 5.74) is 6.04. The minimum atomic E-state index is -1.08. The molecule has 1 aromatic heterocycles. The van der Waals surface area contributed by atoms with Gasteiger partial charge >= 0.3 is 0 Å². The first-order valence-corrected chi connectivity index (χ1v) is 7.21. The molecule has 0 spiro atoms. The van der Waals surface area contributed by atoms with Gasteiger partial charge in [-0.2, -0.15) is 5.26 Å². The molecular formula is C15H13BrFN3O2. The first-order valence-electron chi connectivity index (χ1n) is 6.42. The zero-order valence-electron chi connectivity index (χ0n) is 11.7. The van der Waals surface area contributed by atoms with Gasteiger partial charge in [-0.05, 0) is 41.1 Å². The molecule has 5 nitrogen and oxygen atoms in total. The summed E-state index contributed by atoms with van der Waals surface area (Å²) < 4.78 is 18.9. The lowest BCUT2D eigenvalue weighted by atomic mass is 10.1. The zero-order valence-corrected chi connectivity index (χ0v) is 13.3. The van der Waals surface area contributed by atoms with Crippen LogP contribution in [0, 0.1) is 11.3 Å². The minimum Gasteiger partial charge on any atom is -0.489 e. The van der Waals surface area contributed by atoms with Crippen LogP contribution in [-0.4, -0.2) is 23.5 Å². The standard InChI is InChI=1S/C15H13BrFN3O2/c1-8(17)7-22-14-3-9-2-13(15(21)10(5-18)6-19)20-12(9)4-11(14)16/h2-5,8,20H,7,18H2,1H3/b10-5+. The normalized spacial score (nSPS) is 12.9. The summed E-state index contributed by atoms with van der Waals surface area (Å²) in [6.07, 6.45) is -0.111. The third-order valence-electron chi connectivity index (χ3n) is 2.92. The van der Waals surface area contributed by atoms with Crippen LogP contribution in [0.5, 0.6) is 5.75 Å². The molecule has 0 aliphatic rings. The van der Waals surface area contributed by atoms with Crippen molar-refractivity contribution in [2.45, 2.75) is 13.1 Å². The number of carbonyl (C=O) groups is 1. The number of ketones is 1. The Kier molecular flexibility index (Phi) is 4.83. The van der Waals surface area contributed by atoms with Crippen molar-refractivity contribution in [1.29, 1.82) is 5.26 Å². The fourth-order valence-electron chi connectivity index (χ4n) is 1.88. The zero-order chi connectivity index (χ0) is 16.3. The summed E-state index contributed by atoms with van der Waals surface area (Å²) in [6, 6.07) is 6.75. The molecule has 1 unspecified atom stereocenters. The number of allylic oxidation sites excluding steroid dienone is 1. The predicted octanol–water partition coefficient (Wildman–Crippen LogP) is 3.22. The molecule has 0 bridgehead atoms. The summed E-state index contributed by atoms with van der Waals surface area (Å²) >= 11 is 3.33. The van der Waals surface area contributed by atoms with E-state index in [1.165, 1.54) is 6.92 Å². The molecule has 22 heavy (non-hydrogen) atoms. The van der Waals surface area contributed by atoms with Crippen molar-refractivity contribution in [3.05, 3.63) is 40.1 Å². The Balaban J connectivity index is 2.39. The maximum Gasteiger partial charge on any atom is 0.221 e. The molecule has 0 radical (unpaired) electrons. The fraction of sp³-hybridized carbons (Fsp3) is 0.200. The molecule has 0 aliphatic heterocycles. The van der Waals surface area contributed by atoms with Gasteiger partial charge in [0.1, 0.15) is 30.2 Å². The topological polar surface area (TPSA) is 91.9 Å². The third-order valence-corrected chi connectivity index (χ3v) is 3.54. The van der Waals surface area contributed by atoms with Crippen LogP contribution in [0.3, 0.4) is 0 Å². The Morgan fingerprint density at radius 2 is 2.32 bits per heavy atom. The summed E-state index contributed by atoms with van der Waals surface area (Å²) in [7, 11) is 0. The van der Waals surface area contributed by atoms with E-state index in [-0.39, 0.29) is 17.9 Å². The molecule has 0 aliphatic carbocycles. The number of nitriles is 1. The maximum atomic E-state index is 12.9. The van der Waals surface area contributed by atoms with Gasteiger partial charge in [0.2, 0.25) is 5.78 Å². The number of benzene rings is 1. The number of nitrogens with zero attached hydrogens (tertiary/aromatic N) is 1. The second-order valence-corrected chi connectivity index (χ2v) is 5.52. The van der Waals surface area contributed by atoms with Crippen molar-refractivity contribution in [2.75, 3.05) is 6.61 Å². The average molecular weight is 366 g/mol. The summed E-state index contributed by atoms with van der Waals surface area (Å²) in [6.45, 7) is 1.34. The van der Waals surface area contributed by atoms with E-state index in [4.69, 9.17) is 15.7 Å². The molecular weight excluding hydrogens is 353 g/mol. The van der Waals surface area contributed by atoms with Gasteiger partial charge in [0.05, 0.1) is 10.2 Å². The van der Waals surface area contributed by atoms with E-state index in [0.717, 1.165) is 6.20 Å². The van der Waals surface area contributed by atoms with Gasteiger partial charge in [-0.15, -0.1) is 0 Å². The quantitative estimate of drug-likeness (QED) is 0.483. The van der Waals surface area contributed by atoms with Gasteiger partial charge in [0.25, 0.3) is 0 Å². The Bertz CT molecular complexity index is 790. The largest absolute Gasteiger partial charge is 0.489 e. The SMILES string of the molecule is CC(F)COc1cc2cc(C(=O)/C(C#N)=C/N)[nH]c2cc1Br. The highest BCUT2D eigenvalue weighted by molar-refractivity contribution is 9.10. The molecule has 0 fully saturated rings. The van der Waals surface area contributed by atoms with Crippen LogP contribution < -0.4 is 10.5 Å². The first-order chi connectivity index (χ1) is 10.5. The average Bonchev–Trinajstić information content (AvgIpc) is 2.88. The number of aromatic nitrogens is 1. The van der Waals surface area contributed by atoms with Gasteiger partial charge in [-0.1, -0.05) is 0 Å². The van der Waals surface area contributed by atoms with Crippen molar-refractivity contribution in [1.82, 2.24) is 4.98 Å². The van der Waals surface area contributed by atoms with Crippen molar-refractivity contribution < 1.29 is 13.9 Å². The van der Waals surface area contributed by atoms with Crippen LogP contribution in [0.15, 0.2) is 34.4 Å². The molecule has 3 N–H and O–H groups in total. The Morgan fingerprint density at radius 1 is 1.59 bits per heavy atom. The highest BCUT2D eigenvalue weighted by Crippen LogP contribution is 2.31. The van der Waals surface area contributed by atoms with Gasteiger partial charge in [0.15, 0.2) is 0 Å². The van der Waals surface area contributed by atoms with Gasteiger partial charge in [-0.3, -0.25) is 4.79 Å². The third kappa shape index (κ3) is 3.28. The second kappa shape index (κ2) is 6.62. The van der Waals surface area contributed by atoms with E-state index in [2.05, 4.69) is 20.9 Å². The number of hydrogen-bond acceptors (Lipinski definition) is 4. The molecule has 0 amide bonds. The van der Waals surface area contributed by atoms with E-state index in [9.17, 15) is 9.18 Å². The molecule has 2 rings (SSSR count). The molecule has 114 valence electrons. The Labute approximate surface area is 134 Å². The predicted molar refractivity (Wildman–Crippen MR) is 84.3 cm³/mol. The highest BCUT2D eigenvalue weighted by Gasteiger charge is 2.16. The summed E-state index contributed by atoms with van der Waals surface area (Å²) in [5.74, 6) is -0.0120. The van der Waals surface area contributed by atoms with Crippen LogP contribution in [0.25, 0.3) is 10.9 Å². The van der Waals surface area contributed by atoms with E-state index in [0.29, 0.717) is 21.1 Å².